The minimum Gasteiger partial charge on any atom is -0.459 e. The number of thioether (sulfide) groups is 1. The van der Waals surface area contributed by atoms with Gasteiger partial charge in [-0.2, -0.15) is 0 Å². The Morgan fingerprint density at radius 2 is 1.76 bits per heavy atom. The van der Waals surface area contributed by atoms with E-state index in [4.69, 9.17) is 9.73 Å². The van der Waals surface area contributed by atoms with Crippen LogP contribution in [-0.2, 0) is 16.1 Å². The minimum absolute atomic E-state index is 0.181. The van der Waals surface area contributed by atoms with Crippen molar-refractivity contribution in [3.8, 4) is 0 Å². The van der Waals surface area contributed by atoms with Crippen molar-refractivity contribution in [3.63, 3.8) is 0 Å². The summed E-state index contributed by atoms with van der Waals surface area (Å²) in [6, 6.07) is 25.9. The van der Waals surface area contributed by atoms with E-state index in [0.717, 1.165) is 33.5 Å². The molecule has 212 valence electrons. The van der Waals surface area contributed by atoms with Crippen molar-refractivity contribution in [2.24, 2.45) is 4.99 Å². The van der Waals surface area contributed by atoms with Gasteiger partial charge in [-0.1, -0.05) is 72.0 Å². The highest BCUT2D eigenvalue weighted by atomic mass is 32.2. The smallest absolute Gasteiger partial charge is 0.338 e. The predicted octanol–water partition coefficient (Wildman–Crippen LogP) is 5.91. The summed E-state index contributed by atoms with van der Waals surface area (Å²) in [4.78, 5) is 33.9. The highest BCUT2D eigenvalue weighted by Crippen LogP contribution is 2.32. The van der Waals surface area contributed by atoms with Crippen molar-refractivity contribution in [2.75, 3.05) is 6.26 Å². The fourth-order valence-electron chi connectivity index (χ4n) is 5.40. The van der Waals surface area contributed by atoms with Gasteiger partial charge in [-0.05, 0) is 62.4 Å². The molecule has 42 heavy (non-hydrogen) atoms. The number of thiazole rings is 1. The number of para-hydroxylation sites is 1. The average molecular weight is 594 g/mol. The number of nitrogens with zero attached hydrogens (tertiary/aromatic N) is 3. The van der Waals surface area contributed by atoms with Gasteiger partial charge in [0, 0.05) is 34.1 Å². The number of hydrogen-bond acceptors (Lipinski definition) is 6. The molecular weight excluding hydrogens is 563 g/mol. The molecule has 8 heteroatoms. The summed E-state index contributed by atoms with van der Waals surface area (Å²) in [5.41, 5.74) is 4.87. The molecule has 0 N–H and O–H groups in total. The van der Waals surface area contributed by atoms with Gasteiger partial charge in [0.1, 0.15) is 0 Å². The molecule has 0 spiro atoms. The third kappa shape index (κ3) is 5.28. The monoisotopic (exact) mass is 593 g/mol. The fraction of sp³-hybridized carbons (Fsp3) is 0.206. The zero-order valence-electron chi connectivity index (χ0n) is 23.9. The summed E-state index contributed by atoms with van der Waals surface area (Å²) < 4.78 is 10.1. The highest BCUT2D eigenvalue weighted by molar-refractivity contribution is 7.98. The van der Waals surface area contributed by atoms with E-state index in [9.17, 15) is 9.59 Å². The summed E-state index contributed by atoms with van der Waals surface area (Å²) in [5.74, 6) is -0.455. The lowest BCUT2D eigenvalue weighted by Gasteiger charge is -2.25. The SMILES string of the molecule is CSc1ccc([C@@H]2C(C(=O)OC(C)C)=C(C)N=c3s/c(=C\c4cn(Cc5ccccc5)c5ccccc45)c(=O)n32)cc1. The van der Waals surface area contributed by atoms with E-state index in [1.807, 2.05) is 87.7 Å². The van der Waals surface area contributed by atoms with Crippen molar-refractivity contribution in [3.05, 3.63) is 133 Å². The molecule has 5 aromatic rings. The highest BCUT2D eigenvalue weighted by Gasteiger charge is 2.33. The third-order valence-electron chi connectivity index (χ3n) is 7.32. The van der Waals surface area contributed by atoms with Crippen molar-refractivity contribution in [1.29, 1.82) is 0 Å². The van der Waals surface area contributed by atoms with Crippen LogP contribution < -0.4 is 14.9 Å². The second-order valence-electron chi connectivity index (χ2n) is 10.5. The van der Waals surface area contributed by atoms with Crippen LogP contribution >= 0.6 is 23.1 Å². The summed E-state index contributed by atoms with van der Waals surface area (Å²) in [7, 11) is 0. The van der Waals surface area contributed by atoms with Gasteiger partial charge in [0.25, 0.3) is 5.56 Å². The second kappa shape index (κ2) is 11.6. The fourth-order valence-corrected chi connectivity index (χ4v) is 6.85. The van der Waals surface area contributed by atoms with Crippen molar-refractivity contribution < 1.29 is 9.53 Å². The van der Waals surface area contributed by atoms with Crippen LogP contribution in [0.5, 0.6) is 0 Å². The summed E-state index contributed by atoms with van der Waals surface area (Å²) in [5, 5.41) is 1.07. The maximum Gasteiger partial charge on any atom is 0.338 e. The largest absolute Gasteiger partial charge is 0.459 e. The van der Waals surface area contributed by atoms with Gasteiger partial charge in [-0.15, -0.1) is 11.8 Å². The number of hydrogen-bond donors (Lipinski definition) is 0. The van der Waals surface area contributed by atoms with Crippen LogP contribution in [-0.4, -0.2) is 27.5 Å². The maximum absolute atomic E-state index is 14.2. The normalized spacial score (nSPS) is 15.3. The van der Waals surface area contributed by atoms with E-state index in [0.29, 0.717) is 20.6 Å². The molecule has 0 bridgehead atoms. The van der Waals surface area contributed by atoms with Crippen LogP contribution in [0, 0.1) is 0 Å². The molecule has 0 saturated carbocycles. The number of aromatic nitrogens is 2. The molecule has 0 saturated heterocycles. The molecule has 6 rings (SSSR count). The first-order valence-corrected chi connectivity index (χ1v) is 15.9. The number of fused-ring (bicyclic) bond motifs is 2. The van der Waals surface area contributed by atoms with Crippen LogP contribution in [0.1, 0.15) is 43.5 Å². The molecule has 0 amide bonds. The molecule has 3 heterocycles. The number of esters is 1. The van der Waals surface area contributed by atoms with Crippen LogP contribution in [0.4, 0.5) is 0 Å². The van der Waals surface area contributed by atoms with Crippen LogP contribution in [0.25, 0.3) is 17.0 Å². The van der Waals surface area contributed by atoms with E-state index in [1.54, 1.807) is 16.3 Å². The molecule has 1 atom stereocenters. The Morgan fingerprint density at radius 1 is 1.05 bits per heavy atom. The van der Waals surface area contributed by atoms with E-state index in [-0.39, 0.29) is 11.7 Å². The molecular formula is C34H31N3O3S2. The van der Waals surface area contributed by atoms with Gasteiger partial charge in [0.15, 0.2) is 4.80 Å². The number of carbonyl (C=O) groups is 1. The van der Waals surface area contributed by atoms with Crippen molar-refractivity contribution in [1.82, 2.24) is 9.13 Å². The lowest BCUT2D eigenvalue weighted by molar-refractivity contribution is -0.143. The Kier molecular flexibility index (Phi) is 7.75. The van der Waals surface area contributed by atoms with Crippen molar-refractivity contribution in [2.45, 2.75) is 44.4 Å². The predicted molar refractivity (Wildman–Crippen MR) is 171 cm³/mol. The summed E-state index contributed by atoms with van der Waals surface area (Å²) >= 11 is 2.99. The molecule has 0 unspecified atom stereocenters. The van der Waals surface area contributed by atoms with Crippen LogP contribution in [0.3, 0.4) is 0 Å². The number of benzene rings is 3. The summed E-state index contributed by atoms with van der Waals surface area (Å²) in [6.07, 6.45) is 5.78. The number of rotatable bonds is 7. The lowest BCUT2D eigenvalue weighted by Crippen LogP contribution is -2.40. The zero-order chi connectivity index (χ0) is 29.4. The van der Waals surface area contributed by atoms with E-state index >= 15 is 0 Å². The number of allylic oxidation sites excluding steroid dienone is 1. The summed E-state index contributed by atoms with van der Waals surface area (Å²) in [6.45, 7) is 6.18. The minimum atomic E-state index is -0.634. The molecule has 0 aliphatic carbocycles. The third-order valence-corrected chi connectivity index (χ3v) is 9.04. The molecule has 1 aliphatic heterocycles. The van der Waals surface area contributed by atoms with Crippen molar-refractivity contribution >= 4 is 46.0 Å². The van der Waals surface area contributed by atoms with Gasteiger partial charge in [0.2, 0.25) is 0 Å². The topological polar surface area (TPSA) is 65.6 Å². The quantitative estimate of drug-likeness (QED) is 0.174. The molecule has 1 aliphatic rings. The molecule has 3 aromatic carbocycles. The Balaban J connectivity index is 1.51. The van der Waals surface area contributed by atoms with Gasteiger partial charge >= 0.3 is 5.97 Å². The maximum atomic E-state index is 14.2. The van der Waals surface area contributed by atoms with Crippen LogP contribution in [0.2, 0.25) is 0 Å². The van der Waals surface area contributed by atoms with E-state index < -0.39 is 12.0 Å². The van der Waals surface area contributed by atoms with Gasteiger partial charge < -0.3 is 9.30 Å². The molecule has 0 fully saturated rings. The Bertz CT molecular complexity index is 2000. The Morgan fingerprint density at radius 3 is 2.48 bits per heavy atom. The van der Waals surface area contributed by atoms with Gasteiger partial charge in [0.05, 0.1) is 27.9 Å². The Hall–Kier alpha value is -4.14. The Labute approximate surface area is 252 Å². The second-order valence-corrected chi connectivity index (χ2v) is 12.4. The lowest BCUT2D eigenvalue weighted by atomic mass is 9.96. The van der Waals surface area contributed by atoms with Gasteiger partial charge in [-0.3, -0.25) is 9.36 Å². The average Bonchev–Trinajstić information content (AvgIpc) is 3.48. The van der Waals surface area contributed by atoms with E-state index in [2.05, 4.69) is 35.0 Å². The number of carbonyl (C=O) groups excluding carboxylic acids is 1. The zero-order valence-corrected chi connectivity index (χ0v) is 25.5. The first-order valence-electron chi connectivity index (χ1n) is 13.8. The van der Waals surface area contributed by atoms with Gasteiger partial charge in [-0.25, -0.2) is 9.79 Å². The molecule has 0 radical (unpaired) electrons. The standard InChI is InChI=1S/C34H31N3O3S2/c1-21(2)40-33(39)30-22(3)35-34-37(31(30)24-14-16-26(41-4)17-15-24)32(38)29(42-34)18-25-20-36(19-23-10-6-5-7-11-23)28-13-9-8-12-27(25)28/h5-18,20-21,31H,19H2,1-4H3/b29-18-/t31-/m1/s1. The van der Waals surface area contributed by atoms with Crippen LogP contribution in [0.15, 0.2) is 111 Å². The first-order chi connectivity index (χ1) is 20.3. The number of ether oxygens (including phenoxy) is 1. The molecule has 6 nitrogen and oxygen atoms in total. The first kappa shape index (κ1) is 28.0. The van der Waals surface area contributed by atoms with E-state index in [1.165, 1.54) is 16.9 Å². The molecule has 2 aromatic heterocycles.